The molecule has 1 atom stereocenters. The lowest BCUT2D eigenvalue weighted by molar-refractivity contribution is 0.284. The molecule has 0 saturated carbocycles. The first-order chi connectivity index (χ1) is 6.90. The van der Waals surface area contributed by atoms with E-state index in [9.17, 15) is 0 Å². The van der Waals surface area contributed by atoms with E-state index in [-0.39, 0.29) is 6.61 Å². The summed E-state index contributed by atoms with van der Waals surface area (Å²) in [6.45, 7) is 0.133. The molecule has 1 aromatic heterocycles. The molecule has 3 nitrogen and oxygen atoms in total. The maximum Gasteiger partial charge on any atom is 0.198 e. The average molecular weight is 213 g/mol. The number of aliphatic hydroxyl groups excluding tert-OH is 1. The Kier molecular flexibility index (Phi) is 3.48. The van der Waals surface area contributed by atoms with Gasteiger partial charge in [-0.3, -0.25) is 0 Å². The molecular weight excluding hydrogens is 198 g/mol. The van der Waals surface area contributed by atoms with Crippen molar-refractivity contribution in [1.29, 1.82) is 0 Å². The van der Waals surface area contributed by atoms with Gasteiger partial charge in [0.25, 0.3) is 0 Å². The van der Waals surface area contributed by atoms with Crippen molar-refractivity contribution in [2.24, 2.45) is 0 Å². The van der Waals surface area contributed by atoms with Crippen molar-refractivity contribution in [3.8, 4) is 0 Å². The molecule has 2 heterocycles. The summed E-state index contributed by atoms with van der Waals surface area (Å²) in [4.78, 5) is 4.27. The lowest BCUT2D eigenvalue weighted by atomic mass is 10.1. The molecular formula is C10H15NO2S. The summed E-state index contributed by atoms with van der Waals surface area (Å²) in [5.74, 6) is 4.54. The highest BCUT2D eigenvalue weighted by molar-refractivity contribution is 7.99. The maximum atomic E-state index is 8.75. The highest BCUT2D eigenvalue weighted by Gasteiger charge is 2.20. The van der Waals surface area contributed by atoms with Crippen LogP contribution in [-0.4, -0.2) is 28.2 Å². The summed E-state index contributed by atoms with van der Waals surface area (Å²) in [5.41, 5.74) is 0. The van der Waals surface area contributed by atoms with E-state index in [0.717, 1.165) is 17.4 Å². The molecule has 1 unspecified atom stereocenters. The van der Waals surface area contributed by atoms with Gasteiger partial charge in [0.2, 0.25) is 0 Å². The molecule has 0 bridgehead atoms. The fourth-order valence-corrected chi connectivity index (χ4v) is 2.80. The molecule has 1 aromatic rings. The standard InChI is InChI=1S/C10H15NO2S/c12-4-3-9-6-11-10(13-9)8-2-1-5-14-7-8/h6,8,12H,1-5,7H2. The molecule has 0 amide bonds. The number of thioether (sulfide) groups is 1. The Labute approximate surface area is 87.9 Å². The summed E-state index contributed by atoms with van der Waals surface area (Å²) >= 11 is 1.97. The second-order valence-electron chi connectivity index (χ2n) is 3.55. The van der Waals surface area contributed by atoms with Crippen LogP contribution in [0.3, 0.4) is 0 Å². The fraction of sp³-hybridized carbons (Fsp3) is 0.700. The van der Waals surface area contributed by atoms with Crippen molar-refractivity contribution in [1.82, 2.24) is 4.98 Å². The molecule has 0 aromatic carbocycles. The molecule has 78 valence electrons. The van der Waals surface area contributed by atoms with Gasteiger partial charge in [0.05, 0.1) is 12.8 Å². The minimum absolute atomic E-state index is 0.133. The first-order valence-electron chi connectivity index (χ1n) is 5.03. The predicted molar refractivity (Wildman–Crippen MR) is 56.6 cm³/mol. The van der Waals surface area contributed by atoms with Crippen LogP contribution in [-0.2, 0) is 6.42 Å². The van der Waals surface area contributed by atoms with Crippen LogP contribution in [0, 0.1) is 0 Å². The van der Waals surface area contributed by atoms with Crippen molar-refractivity contribution >= 4 is 11.8 Å². The molecule has 1 aliphatic heterocycles. The molecule has 1 saturated heterocycles. The number of aliphatic hydroxyl groups is 1. The first kappa shape index (κ1) is 10.1. The Balaban J connectivity index is 2.00. The van der Waals surface area contributed by atoms with Crippen LogP contribution in [0.4, 0.5) is 0 Å². The third-order valence-electron chi connectivity index (χ3n) is 2.44. The Morgan fingerprint density at radius 2 is 2.57 bits per heavy atom. The molecule has 1 N–H and O–H groups in total. The van der Waals surface area contributed by atoms with E-state index in [1.54, 1.807) is 6.20 Å². The maximum absolute atomic E-state index is 8.75. The van der Waals surface area contributed by atoms with Crippen molar-refractivity contribution in [3.63, 3.8) is 0 Å². The third kappa shape index (κ3) is 2.30. The molecule has 2 rings (SSSR count). The van der Waals surface area contributed by atoms with Crippen LogP contribution in [0.5, 0.6) is 0 Å². The van der Waals surface area contributed by atoms with Crippen molar-refractivity contribution < 1.29 is 9.52 Å². The Morgan fingerprint density at radius 1 is 1.64 bits per heavy atom. The Morgan fingerprint density at radius 3 is 3.29 bits per heavy atom. The van der Waals surface area contributed by atoms with E-state index in [4.69, 9.17) is 9.52 Å². The average Bonchev–Trinajstić information content (AvgIpc) is 2.68. The van der Waals surface area contributed by atoms with Crippen LogP contribution in [0.1, 0.15) is 30.4 Å². The van der Waals surface area contributed by atoms with Gasteiger partial charge in [-0.05, 0) is 18.6 Å². The minimum atomic E-state index is 0.133. The van der Waals surface area contributed by atoms with Gasteiger partial charge < -0.3 is 9.52 Å². The zero-order chi connectivity index (χ0) is 9.80. The van der Waals surface area contributed by atoms with Crippen molar-refractivity contribution in [2.75, 3.05) is 18.1 Å². The summed E-state index contributed by atoms with van der Waals surface area (Å²) in [5, 5.41) is 8.75. The predicted octanol–water partition coefficient (Wildman–Crippen LogP) is 1.82. The van der Waals surface area contributed by atoms with Gasteiger partial charge in [0, 0.05) is 18.1 Å². The zero-order valence-corrected chi connectivity index (χ0v) is 8.92. The summed E-state index contributed by atoms with van der Waals surface area (Å²) < 4.78 is 5.58. The Hall–Kier alpha value is -0.480. The molecule has 0 radical (unpaired) electrons. The smallest absolute Gasteiger partial charge is 0.198 e. The van der Waals surface area contributed by atoms with Crippen LogP contribution < -0.4 is 0 Å². The molecule has 14 heavy (non-hydrogen) atoms. The van der Waals surface area contributed by atoms with Crippen LogP contribution in [0.15, 0.2) is 10.6 Å². The number of rotatable bonds is 3. The zero-order valence-electron chi connectivity index (χ0n) is 8.11. The normalized spacial score (nSPS) is 22.5. The van der Waals surface area contributed by atoms with E-state index < -0.39 is 0 Å². The lowest BCUT2D eigenvalue weighted by Crippen LogP contribution is -2.08. The number of aromatic nitrogens is 1. The fourth-order valence-electron chi connectivity index (χ4n) is 1.67. The van der Waals surface area contributed by atoms with Gasteiger partial charge in [-0.1, -0.05) is 0 Å². The topological polar surface area (TPSA) is 46.3 Å². The monoisotopic (exact) mass is 213 g/mol. The molecule has 0 spiro atoms. The van der Waals surface area contributed by atoms with Crippen LogP contribution in [0.2, 0.25) is 0 Å². The molecule has 1 aliphatic rings. The van der Waals surface area contributed by atoms with Crippen LogP contribution >= 0.6 is 11.8 Å². The highest BCUT2D eigenvalue weighted by Crippen LogP contribution is 2.30. The van der Waals surface area contributed by atoms with Gasteiger partial charge in [-0.15, -0.1) is 0 Å². The number of hydrogen-bond donors (Lipinski definition) is 1. The minimum Gasteiger partial charge on any atom is -0.445 e. The van der Waals surface area contributed by atoms with E-state index in [2.05, 4.69) is 4.98 Å². The van der Waals surface area contributed by atoms with Gasteiger partial charge in [-0.2, -0.15) is 11.8 Å². The number of oxazole rings is 1. The quantitative estimate of drug-likeness (QED) is 0.832. The molecule has 4 heteroatoms. The summed E-state index contributed by atoms with van der Waals surface area (Å²) in [6.07, 6.45) is 4.76. The van der Waals surface area contributed by atoms with E-state index in [1.807, 2.05) is 11.8 Å². The van der Waals surface area contributed by atoms with Crippen molar-refractivity contribution in [3.05, 3.63) is 17.8 Å². The van der Waals surface area contributed by atoms with E-state index >= 15 is 0 Å². The van der Waals surface area contributed by atoms with Crippen molar-refractivity contribution in [2.45, 2.75) is 25.2 Å². The second kappa shape index (κ2) is 4.84. The number of nitrogens with zero attached hydrogens (tertiary/aromatic N) is 1. The molecule has 1 fully saturated rings. The van der Waals surface area contributed by atoms with Gasteiger partial charge >= 0.3 is 0 Å². The van der Waals surface area contributed by atoms with Crippen LogP contribution in [0.25, 0.3) is 0 Å². The first-order valence-corrected chi connectivity index (χ1v) is 6.19. The third-order valence-corrected chi connectivity index (χ3v) is 3.65. The SMILES string of the molecule is OCCc1cnc(C2CCCSC2)o1. The summed E-state index contributed by atoms with van der Waals surface area (Å²) in [6, 6.07) is 0. The Bertz CT molecular complexity index is 281. The molecule has 0 aliphatic carbocycles. The van der Waals surface area contributed by atoms with E-state index in [1.165, 1.54) is 18.6 Å². The lowest BCUT2D eigenvalue weighted by Gasteiger charge is -2.17. The van der Waals surface area contributed by atoms with Gasteiger partial charge in [0.1, 0.15) is 5.76 Å². The number of hydrogen-bond acceptors (Lipinski definition) is 4. The van der Waals surface area contributed by atoms with E-state index in [0.29, 0.717) is 12.3 Å². The van der Waals surface area contributed by atoms with Gasteiger partial charge in [0.15, 0.2) is 5.89 Å². The largest absolute Gasteiger partial charge is 0.445 e. The second-order valence-corrected chi connectivity index (χ2v) is 4.70. The highest BCUT2D eigenvalue weighted by atomic mass is 32.2. The summed E-state index contributed by atoms with van der Waals surface area (Å²) in [7, 11) is 0. The van der Waals surface area contributed by atoms with Gasteiger partial charge in [-0.25, -0.2) is 4.98 Å².